The molecule has 0 aliphatic rings. The maximum Gasteiger partial charge on any atom is 0.340 e. The summed E-state index contributed by atoms with van der Waals surface area (Å²) in [7, 11) is -8.66. The number of sulfonamides is 2. The molecule has 3 N–H and O–H groups in total. The molecule has 0 fully saturated rings. The Morgan fingerprint density at radius 1 is 0.727 bits per heavy atom. The van der Waals surface area contributed by atoms with E-state index in [-0.39, 0.29) is 16.2 Å². The largest absolute Gasteiger partial charge is 0.479 e. The minimum absolute atomic E-state index is 0.158. The van der Waals surface area contributed by atoms with Crippen LogP contribution in [0.1, 0.15) is 58.3 Å². The molecule has 2 aromatic rings. The molecule has 0 amide bonds. The summed E-state index contributed by atoms with van der Waals surface area (Å²) in [6.07, 6.45) is 5.87. The smallest absolute Gasteiger partial charge is 0.340 e. The second-order valence-electron chi connectivity index (χ2n) is 7.92. The van der Waals surface area contributed by atoms with Gasteiger partial charge in [-0.2, -0.15) is 9.44 Å². The Labute approximate surface area is 196 Å². The number of aliphatic carboxylic acids is 1. The minimum Gasteiger partial charge on any atom is -0.479 e. The normalized spacial score (nSPS) is 12.5. The topological polar surface area (TPSA) is 130 Å². The molecule has 0 aliphatic carbocycles. The third-order valence-electron chi connectivity index (χ3n) is 5.24. The summed E-state index contributed by atoms with van der Waals surface area (Å²) in [6.45, 7) is 2.11. The number of nitrogens with one attached hydrogen (secondary N) is 2. The summed E-state index contributed by atoms with van der Waals surface area (Å²) in [5, 5.41) is 10.1. The van der Waals surface area contributed by atoms with Gasteiger partial charge >= 0.3 is 5.97 Å². The van der Waals surface area contributed by atoms with E-state index in [2.05, 4.69) is 16.4 Å². The highest BCUT2D eigenvalue weighted by Crippen LogP contribution is 2.22. The lowest BCUT2D eigenvalue weighted by atomic mass is 10.0. The number of rotatable bonds is 15. The molecule has 0 saturated carbocycles. The van der Waals surface area contributed by atoms with Crippen molar-refractivity contribution in [1.29, 1.82) is 0 Å². The standard InChI is InChI=1S/C23H32N2O6S2/c1-2-3-4-5-6-7-14-19-23(22(26)27,24-32(28,29)20-15-10-8-11-16-20)25-33(30,31)21-17-12-9-13-18-21/h8-13,15-18,24-25H,2-7,14,19H2,1H3,(H,26,27). The van der Waals surface area contributed by atoms with Gasteiger partial charge in [-0.1, -0.05) is 81.8 Å². The lowest BCUT2D eigenvalue weighted by molar-refractivity contribution is -0.145. The van der Waals surface area contributed by atoms with Gasteiger partial charge in [-0.25, -0.2) is 21.6 Å². The van der Waals surface area contributed by atoms with Crippen LogP contribution in [0.5, 0.6) is 0 Å². The summed E-state index contributed by atoms with van der Waals surface area (Å²) >= 11 is 0. The van der Waals surface area contributed by atoms with Crippen LogP contribution in [-0.4, -0.2) is 33.6 Å². The molecule has 0 bridgehead atoms. The van der Waals surface area contributed by atoms with E-state index in [0.717, 1.165) is 32.1 Å². The van der Waals surface area contributed by atoms with Crippen LogP contribution in [0.3, 0.4) is 0 Å². The maximum absolute atomic E-state index is 13.0. The van der Waals surface area contributed by atoms with Gasteiger partial charge in [0.15, 0.2) is 5.66 Å². The Hall–Kier alpha value is -2.27. The van der Waals surface area contributed by atoms with Gasteiger partial charge in [0.1, 0.15) is 0 Å². The van der Waals surface area contributed by atoms with Crippen LogP contribution in [0.4, 0.5) is 0 Å². The third kappa shape index (κ3) is 7.92. The Morgan fingerprint density at radius 2 is 1.12 bits per heavy atom. The van der Waals surface area contributed by atoms with Crippen molar-refractivity contribution in [3.8, 4) is 0 Å². The Kier molecular flexibility index (Phi) is 10.0. The van der Waals surface area contributed by atoms with E-state index in [1.165, 1.54) is 48.5 Å². The molecule has 2 aromatic carbocycles. The molecule has 0 aromatic heterocycles. The van der Waals surface area contributed by atoms with Gasteiger partial charge in [0.2, 0.25) is 20.0 Å². The zero-order valence-electron chi connectivity index (χ0n) is 18.7. The lowest BCUT2D eigenvalue weighted by Crippen LogP contribution is -2.65. The summed E-state index contributed by atoms with van der Waals surface area (Å²) < 4.78 is 56.2. The van der Waals surface area contributed by atoms with E-state index in [1.54, 1.807) is 12.1 Å². The Balaban J connectivity index is 2.32. The number of hydrogen-bond donors (Lipinski definition) is 3. The SMILES string of the molecule is CCCCCCCCCC(NS(=O)(=O)c1ccccc1)(NS(=O)(=O)c1ccccc1)C(=O)O. The highest BCUT2D eigenvalue weighted by Gasteiger charge is 2.45. The highest BCUT2D eigenvalue weighted by atomic mass is 32.2. The maximum atomic E-state index is 13.0. The first-order chi connectivity index (χ1) is 15.6. The molecule has 0 saturated heterocycles. The van der Waals surface area contributed by atoms with Gasteiger partial charge in [0.25, 0.3) is 0 Å². The van der Waals surface area contributed by atoms with Crippen molar-refractivity contribution in [3.05, 3.63) is 60.7 Å². The van der Waals surface area contributed by atoms with Gasteiger partial charge < -0.3 is 5.11 Å². The average molecular weight is 497 g/mol. The third-order valence-corrected chi connectivity index (χ3v) is 8.26. The minimum atomic E-state index is -4.33. The second-order valence-corrected chi connectivity index (χ2v) is 11.3. The van der Waals surface area contributed by atoms with Crippen molar-refractivity contribution in [2.24, 2.45) is 0 Å². The van der Waals surface area contributed by atoms with Crippen molar-refractivity contribution >= 4 is 26.0 Å². The van der Waals surface area contributed by atoms with Crippen molar-refractivity contribution in [1.82, 2.24) is 9.44 Å². The molecule has 0 radical (unpaired) electrons. The first-order valence-corrected chi connectivity index (χ1v) is 14.0. The van der Waals surface area contributed by atoms with Crippen LogP contribution < -0.4 is 9.44 Å². The molecule has 0 atom stereocenters. The fraction of sp³-hybridized carbons (Fsp3) is 0.435. The van der Waals surface area contributed by atoms with Gasteiger partial charge in [0.05, 0.1) is 9.79 Å². The fourth-order valence-corrected chi connectivity index (χ4v) is 6.17. The Morgan fingerprint density at radius 3 is 1.52 bits per heavy atom. The van der Waals surface area contributed by atoms with E-state index in [9.17, 15) is 26.7 Å². The summed E-state index contributed by atoms with van der Waals surface area (Å²) in [6, 6.07) is 14.5. The molecule has 182 valence electrons. The van der Waals surface area contributed by atoms with Crippen molar-refractivity contribution in [2.75, 3.05) is 0 Å². The Bertz CT molecular complexity index is 1020. The van der Waals surface area contributed by atoms with Crippen molar-refractivity contribution in [2.45, 2.75) is 73.7 Å². The van der Waals surface area contributed by atoms with Gasteiger partial charge in [-0.3, -0.25) is 0 Å². The molecule has 0 unspecified atom stereocenters. The van der Waals surface area contributed by atoms with Crippen LogP contribution in [0.15, 0.2) is 70.5 Å². The van der Waals surface area contributed by atoms with Crippen molar-refractivity contribution < 1.29 is 26.7 Å². The van der Waals surface area contributed by atoms with Crippen LogP contribution >= 0.6 is 0 Å². The second kappa shape index (κ2) is 12.3. The highest BCUT2D eigenvalue weighted by molar-refractivity contribution is 7.90. The first-order valence-electron chi connectivity index (χ1n) is 11.0. The summed E-state index contributed by atoms with van der Waals surface area (Å²) in [5.74, 6) is -1.62. The number of carbonyl (C=O) groups is 1. The van der Waals surface area contributed by atoms with Crippen LogP contribution in [-0.2, 0) is 24.8 Å². The summed E-state index contributed by atoms with van der Waals surface area (Å²) in [5.41, 5.74) is -2.44. The van der Waals surface area contributed by atoms with E-state index >= 15 is 0 Å². The molecule has 33 heavy (non-hydrogen) atoms. The van der Waals surface area contributed by atoms with Crippen LogP contribution in [0.25, 0.3) is 0 Å². The predicted molar refractivity (Wildman–Crippen MR) is 127 cm³/mol. The van der Waals surface area contributed by atoms with Crippen molar-refractivity contribution in [3.63, 3.8) is 0 Å². The monoisotopic (exact) mass is 496 g/mol. The average Bonchev–Trinajstić information content (AvgIpc) is 2.79. The van der Waals surface area contributed by atoms with E-state index in [1.807, 2.05) is 0 Å². The number of carboxylic acids is 1. The molecule has 10 heteroatoms. The number of unbranched alkanes of at least 4 members (excludes halogenated alkanes) is 6. The van der Waals surface area contributed by atoms with Crippen LogP contribution in [0.2, 0.25) is 0 Å². The van der Waals surface area contributed by atoms with E-state index in [4.69, 9.17) is 0 Å². The molecule has 0 spiro atoms. The molecule has 2 rings (SSSR count). The van der Waals surface area contributed by atoms with Gasteiger partial charge in [0, 0.05) is 0 Å². The quantitative estimate of drug-likeness (QED) is 0.254. The van der Waals surface area contributed by atoms with Crippen LogP contribution in [0, 0.1) is 0 Å². The molecule has 0 aliphatic heterocycles. The lowest BCUT2D eigenvalue weighted by Gasteiger charge is -2.31. The van der Waals surface area contributed by atoms with E-state index < -0.39 is 31.7 Å². The number of carboxylic acid groups (broad SMARTS) is 1. The molecular formula is C23H32N2O6S2. The zero-order valence-corrected chi connectivity index (χ0v) is 20.4. The number of hydrogen-bond acceptors (Lipinski definition) is 5. The predicted octanol–water partition coefficient (Wildman–Crippen LogP) is 3.87. The first kappa shape index (κ1) is 27.0. The van der Waals surface area contributed by atoms with Gasteiger partial charge in [-0.05, 0) is 37.1 Å². The van der Waals surface area contributed by atoms with E-state index in [0.29, 0.717) is 12.8 Å². The molecule has 8 nitrogen and oxygen atoms in total. The number of benzene rings is 2. The van der Waals surface area contributed by atoms with Gasteiger partial charge in [-0.15, -0.1) is 0 Å². The fourth-order valence-electron chi connectivity index (χ4n) is 3.44. The molecular weight excluding hydrogens is 464 g/mol. The molecule has 0 heterocycles. The zero-order chi connectivity index (χ0) is 24.4. The summed E-state index contributed by atoms with van der Waals surface area (Å²) in [4.78, 5) is 12.1.